The Morgan fingerprint density at radius 1 is 0.821 bits per heavy atom. The molecule has 0 aliphatic heterocycles. The van der Waals surface area contributed by atoms with Crippen molar-refractivity contribution in [3.05, 3.63) is 102 Å². The molecule has 2 radical (unpaired) electrons. The summed E-state index contributed by atoms with van der Waals surface area (Å²) in [7, 11) is 1.08. The number of hydrogen-bond acceptors (Lipinski definition) is 0. The van der Waals surface area contributed by atoms with Crippen LogP contribution in [0.5, 0.6) is 0 Å². The Morgan fingerprint density at radius 3 is 2.21 bits per heavy atom. The van der Waals surface area contributed by atoms with Gasteiger partial charge in [0.1, 0.15) is 0 Å². The van der Waals surface area contributed by atoms with Crippen molar-refractivity contribution < 1.29 is 51.0 Å². The second-order valence-corrected chi connectivity index (χ2v) is 7.05. The van der Waals surface area contributed by atoms with E-state index in [2.05, 4.69) is 98.0 Å². The largest absolute Gasteiger partial charge is 4.00 e. The van der Waals surface area contributed by atoms with E-state index in [-0.39, 0.29) is 51.0 Å². The molecule has 28 heavy (non-hydrogen) atoms. The maximum Gasteiger partial charge on any atom is 4.00 e. The van der Waals surface area contributed by atoms with E-state index in [4.69, 9.17) is 0 Å². The zero-order chi connectivity index (χ0) is 17.5. The van der Waals surface area contributed by atoms with Gasteiger partial charge in [0, 0.05) is 9.52 Å². The van der Waals surface area contributed by atoms with E-state index in [0.717, 1.165) is 15.9 Å². The Balaban J connectivity index is 0.000000434. The van der Waals surface area contributed by atoms with E-state index >= 15 is 0 Å². The summed E-state index contributed by atoms with van der Waals surface area (Å²) in [6, 6.07) is 32.8. The summed E-state index contributed by atoms with van der Waals surface area (Å²) < 4.78 is 0. The predicted octanol–water partition coefficient (Wildman–Crippen LogP) is 0.409. The molecule has 1 aliphatic carbocycles. The van der Waals surface area contributed by atoms with E-state index < -0.39 is 0 Å². The Kier molecular flexibility index (Phi) is 13.5. The van der Waals surface area contributed by atoms with Gasteiger partial charge in [-0.1, -0.05) is 54.6 Å². The van der Waals surface area contributed by atoms with Crippen LogP contribution in [-0.2, 0) is 32.6 Å². The van der Waals surface area contributed by atoms with Crippen molar-refractivity contribution in [3.8, 4) is 11.1 Å². The molecule has 4 aromatic carbocycles. The molecule has 140 valence electrons. The van der Waals surface area contributed by atoms with Gasteiger partial charge in [-0.05, 0) is 6.42 Å². The van der Waals surface area contributed by atoms with Gasteiger partial charge in [0.05, 0.1) is 0 Å². The van der Waals surface area contributed by atoms with Crippen LogP contribution in [0, 0.1) is 6.07 Å². The first-order valence-electron chi connectivity index (χ1n) is 8.60. The molecule has 5 rings (SSSR count). The second-order valence-electron chi connectivity index (χ2n) is 6.05. The van der Waals surface area contributed by atoms with Gasteiger partial charge in [0.25, 0.3) is 0 Å². The van der Waals surface area contributed by atoms with E-state index in [1.807, 2.05) is 6.07 Å². The fourth-order valence-corrected chi connectivity index (χ4v) is 3.07. The van der Waals surface area contributed by atoms with Gasteiger partial charge in [-0.15, -0.1) is 35.2 Å². The summed E-state index contributed by atoms with van der Waals surface area (Å²) in [5.74, 6) is 0. The van der Waals surface area contributed by atoms with Crippen LogP contribution in [-0.4, -0.2) is 9.52 Å². The third kappa shape index (κ3) is 6.78. The molecule has 0 fully saturated rings. The quantitative estimate of drug-likeness (QED) is 0.214. The van der Waals surface area contributed by atoms with Crippen molar-refractivity contribution >= 4 is 20.3 Å². The molecule has 1 aliphatic rings. The average molecular weight is 501 g/mol. The summed E-state index contributed by atoms with van der Waals surface area (Å²) in [5, 5.41) is 2.66. The molecule has 0 saturated heterocycles. The summed E-state index contributed by atoms with van der Waals surface area (Å²) in [5.41, 5.74) is 5.51. The van der Waals surface area contributed by atoms with Crippen LogP contribution in [0.15, 0.2) is 84.9 Å². The first kappa shape index (κ1) is 27.0. The van der Waals surface area contributed by atoms with Crippen molar-refractivity contribution in [1.29, 1.82) is 0 Å². The molecule has 0 unspecified atom stereocenters. The van der Waals surface area contributed by atoms with E-state index in [1.54, 1.807) is 0 Å². The molecule has 0 heterocycles. The minimum Gasteiger partial charge on any atom is -1.00 e. The van der Waals surface area contributed by atoms with Gasteiger partial charge in [0.2, 0.25) is 0 Å². The zero-order valence-corrected chi connectivity index (χ0v) is 21.0. The fraction of sp³-hybridized carbons (Fsp3) is 0.125. The molecule has 4 heteroatoms. The Hall–Kier alpha value is -1.05. The first-order chi connectivity index (χ1) is 12.3. The van der Waals surface area contributed by atoms with Gasteiger partial charge >= 0.3 is 26.2 Å². The second kappa shape index (κ2) is 14.0. The molecule has 0 saturated carbocycles. The Bertz CT molecular complexity index is 876. The maximum absolute atomic E-state index is 3.30. The Labute approximate surface area is 202 Å². The molecule has 0 amide bonds. The standard InChI is InChI=1S/C13H9.C9H7.C2H6Si.2ClH.Zr/c1-3-7-12-10(5-1)9-11-6-2-4-8-13(11)12;1-2-5-9-7-3-6-8(9)4-1;1-3-2;;;/h1-5,7-8H,9H2;1-7H;1-2H3;2*1H;/q2*-1;;;;+4/p-2. The molecule has 0 atom stereocenters. The number of fused-ring (bicyclic) bond motifs is 4. The van der Waals surface area contributed by atoms with Crippen molar-refractivity contribution in [1.82, 2.24) is 0 Å². The fourth-order valence-electron chi connectivity index (χ4n) is 3.07. The number of rotatable bonds is 0. The van der Waals surface area contributed by atoms with Crippen LogP contribution in [0.25, 0.3) is 21.9 Å². The van der Waals surface area contributed by atoms with Gasteiger partial charge in [-0.25, -0.2) is 0 Å². The van der Waals surface area contributed by atoms with Crippen LogP contribution in [0.1, 0.15) is 11.1 Å². The smallest absolute Gasteiger partial charge is 1.00 e. The van der Waals surface area contributed by atoms with E-state index in [1.165, 1.54) is 33.0 Å². The summed E-state index contributed by atoms with van der Waals surface area (Å²) in [6.45, 7) is 4.31. The third-order valence-electron chi connectivity index (χ3n) is 4.16. The molecular formula is C24H22Cl2SiZr. The summed E-state index contributed by atoms with van der Waals surface area (Å²) >= 11 is 0. The Morgan fingerprint density at radius 2 is 1.46 bits per heavy atom. The van der Waals surface area contributed by atoms with Gasteiger partial charge < -0.3 is 24.8 Å². The SMILES string of the molecule is C[Si]C.[Cl-].[Cl-].[Zr+4].[c-]1cccc2c1Cc1ccccc1-2.c1ccc2[cH-]ccc2c1. The number of benzene rings is 3. The molecular weight excluding hydrogens is 478 g/mol. The van der Waals surface area contributed by atoms with Crippen LogP contribution in [0.2, 0.25) is 13.1 Å². The maximum atomic E-state index is 3.30. The van der Waals surface area contributed by atoms with Gasteiger partial charge in [-0.3, -0.25) is 0 Å². The number of hydrogen-bond donors (Lipinski definition) is 0. The normalized spacial score (nSPS) is 9.64. The number of halogens is 2. The summed E-state index contributed by atoms with van der Waals surface area (Å²) in [6.07, 6.45) is 1.05. The van der Waals surface area contributed by atoms with Gasteiger partial charge in [0.15, 0.2) is 0 Å². The first-order valence-corrected chi connectivity index (χ1v) is 10.6. The molecule has 0 N–H and O–H groups in total. The third-order valence-corrected chi connectivity index (χ3v) is 4.16. The van der Waals surface area contributed by atoms with Crippen molar-refractivity contribution in [2.45, 2.75) is 19.5 Å². The van der Waals surface area contributed by atoms with Crippen molar-refractivity contribution in [2.24, 2.45) is 0 Å². The van der Waals surface area contributed by atoms with Gasteiger partial charge in [-0.2, -0.15) is 47.3 Å². The van der Waals surface area contributed by atoms with Crippen molar-refractivity contribution in [2.75, 3.05) is 0 Å². The van der Waals surface area contributed by atoms with E-state index in [9.17, 15) is 0 Å². The molecule has 0 aromatic heterocycles. The topological polar surface area (TPSA) is 0 Å². The van der Waals surface area contributed by atoms with Crippen LogP contribution >= 0.6 is 0 Å². The summed E-state index contributed by atoms with van der Waals surface area (Å²) in [4.78, 5) is 0. The molecule has 0 spiro atoms. The zero-order valence-electron chi connectivity index (χ0n) is 16.0. The predicted molar refractivity (Wildman–Crippen MR) is 111 cm³/mol. The van der Waals surface area contributed by atoms with E-state index in [0.29, 0.717) is 0 Å². The van der Waals surface area contributed by atoms with Crippen LogP contribution < -0.4 is 24.8 Å². The monoisotopic (exact) mass is 498 g/mol. The minimum atomic E-state index is 0. The molecule has 4 aromatic rings. The average Bonchev–Trinajstić information content (AvgIpc) is 3.27. The minimum absolute atomic E-state index is 0. The van der Waals surface area contributed by atoms with Crippen molar-refractivity contribution in [3.63, 3.8) is 0 Å². The molecule has 0 bridgehead atoms. The molecule has 0 nitrogen and oxygen atoms in total. The van der Waals surface area contributed by atoms with Crippen LogP contribution in [0.3, 0.4) is 0 Å². The van der Waals surface area contributed by atoms with Crippen LogP contribution in [0.4, 0.5) is 0 Å².